The van der Waals surface area contributed by atoms with E-state index in [1.807, 2.05) is 0 Å². The molecule has 0 aromatic heterocycles. The van der Waals surface area contributed by atoms with E-state index in [0.717, 1.165) is 39.3 Å². The maximum atomic E-state index is 3.02. The van der Waals surface area contributed by atoms with Gasteiger partial charge in [-0.1, -0.05) is 60.6 Å². The van der Waals surface area contributed by atoms with Crippen molar-refractivity contribution in [3.8, 4) is 0 Å². The molecule has 0 aliphatic rings. The summed E-state index contributed by atoms with van der Waals surface area (Å²) in [6.07, 6.45) is 0. The van der Waals surface area contributed by atoms with E-state index in [1.54, 1.807) is 0 Å². The van der Waals surface area contributed by atoms with Gasteiger partial charge in [-0.15, -0.1) is 9.24 Å². The topological polar surface area (TPSA) is 6.48 Å². The lowest BCUT2D eigenvalue weighted by atomic mass is 9.84. The van der Waals surface area contributed by atoms with Crippen molar-refractivity contribution < 1.29 is 0 Å². The van der Waals surface area contributed by atoms with E-state index in [1.165, 1.54) is 22.0 Å². The van der Waals surface area contributed by atoms with Crippen molar-refractivity contribution in [3.63, 3.8) is 0 Å². The Kier molecular flexibility index (Phi) is 8.21. The number of hydrogen-bond donors (Lipinski definition) is 0. The highest BCUT2D eigenvalue weighted by atomic mass is 31.0. The van der Waals surface area contributed by atoms with Crippen LogP contribution in [-0.4, -0.2) is 36.0 Å². The third kappa shape index (κ3) is 5.85. The van der Waals surface area contributed by atoms with Crippen molar-refractivity contribution in [1.82, 2.24) is 9.80 Å². The summed E-state index contributed by atoms with van der Waals surface area (Å²) in [5.74, 6) is 0. The molecular weight excluding hydrogens is 299 g/mol. The fourth-order valence-corrected chi connectivity index (χ4v) is 3.20. The maximum Gasteiger partial charge on any atom is 0.0239 e. The Hall–Kier alpha value is -0.430. The Morgan fingerprint density at radius 1 is 0.783 bits per heavy atom. The molecule has 0 bridgehead atoms. The van der Waals surface area contributed by atoms with Crippen LogP contribution in [0.3, 0.4) is 0 Å². The van der Waals surface area contributed by atoms with E-state index >= 15 is 0 Å². The standard InChI is InChI=1S/C20H37N2P/c1-8-21(9-2)14-16-12-18(20(5,6)7)13-17(19(16)23)15-22(10-3)11-4/h12-13H,8-11,14-15,23H2,1-7H3. The summed E-state index contributed by atoms with van der Waals surface area (Å²) >= 11 is 0. The van der Waals surface area contributed by atoms with E-state index in [9.17, 15) is 0 Å². The minimum atomic E-state index is 0.189. The highest BCUT2D eigenvalue weighted by Crippen LogP contribution is 2.26. The average molecular weight is 337 g/mol. The number of rotatable bonds is 8. The van der Waals surface area contributed by atoms with Crippen molar-refractivity contribution >= 4 is 14.5 Å². The molecule has 23 heavy (non-hydrogen) atoms. The molecule has 1 rings (SSSR count). The van der Waals surface area contributed by atoms with Crippen LogP contribution in [0.5, 0.6) is 0 Å². The summed E-state index contributed by atoms with van der Waals surface area (Å²) in [4.78, 5) is 4.99. The first kappa shape index (κ1) is 20.6. The van der Waals surface area contributed by atoms with Gasteiger partial charge in [0.1, 0.15) is 0 Å². The average Bonchev–Trinajstić information content (AvgIpc) is 2.51. The highest BCUT2D eigenvalue weighted by Gasteiger charge is 2.19. The van der Waals surface area contributed by atoms with Gasteiger partial charge >= 0.3 is 0 Å². The van der Waals surface area contributed by atoms with Crippen molar-refractivity contribution in [3.05, 3.63) is 28.8 Å². The van der Waals surface area contributed by atoms with Crippen LogP contribution < -0.4 is 5.30 Å². The van der Waals surface area contributed by atoms with E-state index in [0.29, 0.717) is 0 Å². The van der Waals surface area contributed by atoms with Gasteiger partial charge in [0.25, 0.3) is 0 Å². The zero-order valence-corrected chi connectivity index (χ0v) is 17.5. The van der Waals surface area contributed by atoms with Crippen LogP contribution in [0.4, 0.5) is 0 Å². The molecule has 0 fully saturated rings. The van der Waals surface area contributed by atoms with Crippen LogP contribution in [-0.2, 0) is 18.5 Å². The third-order valence-corrected chi connectivity index (χ3v) is 5.54. The molecule has 0 heterocycles. The quantitative estimate of drug-likeness (QED) is 0.658. The first-order valence-electron chi connectivity index (χ1n) is 9.13. The number of hydrogen-bond acceptors (Lipinski definition) is 2. The largest absolute Gasteiger partial charge is 0.300 e. The van der Waals surface area contributed by atoms with Crippen LogP contribution in [0, 0.1) is 0 Å². The molecule has 1 aromatic rings. The molecule has 1 atom stereocenters. The van der Waals surface area contributed by atoms with Crippen LogP contribution in [0.15, 0.2) is 12.1 Å². The van der Waals surface area contributed by atoms with Gasteiger partial charge in [-0.2, -0.15) is 0 Å². The molecule has 0 spiro atoms. The summed E-state index contributed by atoms with van der Waals surface area (Å²) in [6.45, 7) is 22.4. The lowest BCUT2D eigenvalue weighted by Gasteiger charge is -2.27. The zero-order valence-electron chi connectivity index (χ0n) is 16.4. The van der Waals surface area contributed by atoms with Crippen molar-refractivity contribution in [2.45, 2.75) is 67.0 Å². The molecule has 1 aromatic carbocycles. The predicted molar refractivity (Wildman–Crippen MR) is 108 cm³/mol. The number of nitrogens with zero attached hydrogens (tertiary/aromatic N) is 2. The third-order valence-electron chi connectivity index (χ3n) is 4.79. The molecule has 0 aliphatic carbocycles. The van der Waals surface area contributed by atoms with Gasteiger partial charge in [0.05, 0.1) is 0 Å². The van der Waals surface area contributed by atoms with Crippen LogP contribution in [0.2, 0.25) is 0 Å². The summed E-state index contributed by atoms with van der Waals surface area (Å²) in [7, 11) is 3.02. The molecule has 2 nitrogen and oxygen atoms in total. The van der Waals surface area contributed by atoms with Crippen molar-refractivity contribution in [2.24, 2.45) is 0 Å². The van der Waals surface area contributed by atoms with Crippen LogP contribution >= 0.6 is 9.24 Å². The molecule has 0 saturated carbocycles. The predicted octanol–water partition coefficient (Wildman–Crippen LogP) is 4.17. The van der Waals surface area contributed by atoms with Gasteiger partial charge in [-0.3, -0.25) is 9.80 Å². The second-order valence-corrected chi connectivity index (χ2v) is 7.96. The molecule has 132 valence electrons. The van der Waals surface area contributed by atoms with E-state index in [4.69, 9.17) is 0 Å². The summed E-state index contributed by atoms with van der Waals surface area (Å²) in [5, 5.41) is 1.40. The van der Waals surface area contributed by atoms with E-state index in [2.05, 4.69) is 79.6 Å². The van der Waals surface area contributed by atoms with E-state index < -0.39 is 0 Å². The van der Waals surface area contributed by atoms with Crippen LogP contribution in [0.1, 0.15) is 65.2 Å². The highest BCUT2D eigenvalue weighted by molar-refractivity contribution is 7.27. The molecular formula is C20H37N2P. The Balaban J connectivity index is 3.27. The summed E-state index contributed by atoms with van der Waals surface area (Å²) in [5.41, 5.74) is 4.57. The first-order chi connectivity index (χ1) is 10.8. The van der Waals surface area contributed by atoms with Gasteiger partial charge in [0.2, 0.25) is 0 Å². The molecule has 0 aliphatic heterocycles. The Labute approximate surface area is 146 Å². The first-order valence-corrected chi connectivity index (χ1v) is 9.70. The van der Waals surface area contributed by atoms with Crippen molar-refractivity contribution in [1.29, 1.82) is 0 Å². The Bertz CT molecular complexity index is 448. The second-order valence-electron chi connectivity index (χ2n) is 7.38. The van der Waals surface area contributed by atoms with Crippen molar-refractivity contribution in [2.75, 3.05) is 26.2 Å². The summed E-state index contributed by atoms with van der Waals surface area (Å²) in [6, 6.07) is 4.85. The fourth-order valence-electron chi connectivity index (χ4n) is 2.85. The molecule has 0 N–H and O–H groups in total. The normalized spacial score (nSPS) is 12.4. The fraction of sp³-hybridized carbons (Fsp3) is 0.700. The van der Waals surface area contributed by atoms with E-state index in [-0.39, 0.29) is 5.41 Å². The molecule has 0 radical (unpaired) electrons. The lowest BCUT2D eigenvalue weighted by molar-refractivity contribution is 0.292. The minimum Gasteiger partial charge on any atom is -0.300 e. The van der Waals surface area contributed by atoms with Crippen LogP contribution in [0.25, 0.3) is 0 Å². The van der Waals surface area contributed by atoms with Gasteiger partial charge < -0.3 is 0 Å². The smallest absolute Gasteiger partial charge is 0.0239 e. The van der Waals surface area contributed by atoms with Gasteiger partial charge in [-0.05, 0) is 53.6 Å². The zero-order chi connectivity index (χ0) is 17.6. The summed E-state index contributed by atoms with van der Waals surface area (Å²) < 4.78 is 0. The van der Waals surface area contributed by atoms with Gasteiger partial charge in [-0.25, -0.2) is 0 Å². The number of benzene rings is 1. The molecule has 0 amide bonds. The lowest BCUT2D eigenvalue weighted by Crippen LogP contribution is -2.29. The minimum absolute atomic E-state index is 0.189. The SMILES string of the molecule is CCN(CC)Cc1cc(C(C)(C)C)cc(CN(CC)CC)c1P. The maximum absolute atomic E-state index is 3.02. The van der Waals surface area contributed by atoms with Gasteiger partial charge in [0, 0.05) is 13.1 Å². The Morgan fingerprint density at radius 3 is 1.39 bits per heavy atom. The second kappa shape index (κ2) is 9.16. The molecule has 1 unspecified atom stereocenters. The van der Waals surface area contributed by atoms with Gasteiger partial charge in [0.15, 0.2) is 0 Å². The molecule has 3 heteroatoms. The Morgan fingerprint density at radius 2 is 1.13 bits per heavy atom. The monoisotopic (exact) mass is 336 g/mol. The molecule has 0 saturated heterocycles.